The lowest BCUT2D eigenvalue weighted by Gasteiger charge is -2.02. The molecule has 0 unspecified atom stereocenters. The summed E-state index contributed by atoms with van der Waals surface area (Å²) in [4.78, 5) is 11.8. The summed E-state index contributed by atoms with van der Waals surface area (Å²) < 4.78 is 14.3. The molecule has 0 radical (unpaired) electrons. The monoisotopic (exact) mass is 409 g/mol. The highest BCUT2D eigenvalue weighted by atomic mass is 127. The molecule has 5 nitrogen and oxygen atoms in total. The van der Waals surface area contributed by atoms with Crippen LogP contribution < -0.4 is 5.43 Å². The number of halogens is 2. The summed E-state index contributed by atoms with van der Waals surface area (Å²) in [6.07, 6.45) is 1.38. The first-order chi connectivity index (χ1) is 10.5. The van der Waals surface area contributed by atoms with Crippen molar-refractivity contribution in [2.75, 3.05) is 0 Å². The molecule has 0 aliphatic rings. The number of hydrogen-bond donors (Lipinski definition) is 2. The van der Waals surface area contributed by atoms with Crippen LogP contribution in [-0.2, 0) is 0 Å². The van der Waals surface area contributed by atoms with Crippen molar-refractivity contribution in [3.05, 3.63) is 62.5 Å². The van der Waals surface area contributed by atoms with Gasteiger partial charge in [-0.2, -0.15) is 10.4 Å². The molecular weight excluding hydrogens is 400 g/mol. The van der Waals surface area contributed by atoms with Gasteiger partial charge in [-0.05, 0) is 64.6 Å². The first kappa shape index (κ1) is 15.9. The average Bonchev–Trinajstić information content (AvgIpc) is 2.50. The van der Waals surface area contributed by atoms with Crippen molar-refractivity contribution in [3.63, 3.8) is 0 Å². The van der Waals surface area contributed by atoms with Gasteiger partial charge in [-0.3, -0.25) is 4.79 Å². The fourth-order valence-electron chi connectivity index (χ4n) is 1.60. The van der Waals surface area contributed by atoms with Crippen molar-refractivity contribution in [2.45, 2.75) is 0 Å². The fraction of sp³-hybridized carbons (Fsp3) is 0. The van der Waals surface area contributed by atoms with E-state index in [1.54, 1.807) is 18.2 Å². The summed E-state index contributed by atoms with van der Waals surface area (Å²) >= 11 is 1.96. The van der Waals surface area contributed by atoms with Gasteiger partial charge in [0.2, 0.25) is 0 Å². The van der Waals surface area contributed by atoms with Gasteiger partial charge in [-0.25, -0.2) is 9.82 Å². The van der Waals surface area contributed by atoms with Crippen molar-refractivity contribution in [1.29, 1.82) is 5.26 Å². The highest BCUT2D eigenvalue weighted by Crippen LogP contribution is 2.19. The summed E-state index contributed by atoms with van der Waals surface area (Å²) in [5, 5.41) is 21.8. The molecule has 0 aliphatic carbocycles. The van der Waals surface area contributed by atoms with Gasteiger partial charge in [0.05, 0.1) is 27.0 Å². The highest BCUT2D eigenvalue weighted by Gasteiger charge is 2.11. The van der Waals surface area contributed by atoms with Gasteiger partial charge in [0.15, 0.2) is 0 Å². The Hall–Kier alpha value is -2.47. The van der Waals surface area contributed by atoms with Crippen LogP contribution in [0.5, 0.6) is 5.75 Å². The van der Waals surface area contributed by atoms with Crippen molar-refractivity contribution in [1.82, 2.24) is 5.43 Å². The van der Waals surface area contributed by atoms with Gasteiger partial charge in [-0.1, -0.05) is 0 Å². The predicted molar refractivity (Wildman–Crippen MR) is 87.0 cm³/mol. The second-order valence-electron chi connectivity index (χ2n) is 4.22. The molecule has 0 aromatic heterocycles. The number of hydrazone groups is 1. The van der Waals surface area contributed by atoms with Crippen LogP contribution >= 0.6 is 22.6 Å². The zero-order chi connectivity index (χ0) is 16.1. The molecule has 1 amide bonds. The number of phenols is 1. The third kappa shape index (κ3) is 3.79. The standard InChI is InChI=1S/C15H9FIN3O2/c16-12-5-9(7-18)1-3-11(12)15(22)20-19-8-10-2-4-14(21)13(17)6-10/h1-6,8,21H,(H,20,22)/b19-8-. The van der Waals surface area contributed by atoms with E-state index in [0.29, 0.717) is 9.13 Å². The Labute approximate surface area is 139 Å². The maximum atomic E-state index is 13.6. The number of benzene rings is 2. The molecule has 2 rings (SSSR count). The number of phenolic OH excluding ortho intramolecular Hbond substituents is 1. The molecule has 2 aromatic carbocycles. The molecule has 0 saturated carbocycles. The molecule has 0 spiro atoms. The van der Waals surface area contributed by atoms with E-state index in [0.717, 1.165) is 6.07 Å². The van der Waals surface area contributed by atoms with Crippen molar-refractivity contribution < 1.29 is 14.3 Å². The molecule has 0 saturated heterocycles. The number of carbonyl (C=O) groups excluding carboxylic acids is 1. The zero-order valence-corrected chi connectivity index (χ0v) is 13.2. The Kier molecular flexibility index (Phi) is 5.06. The van der Waals surface area contributed by atoms with E-state index in [-0.39, 0.29) is 16.9 Å². The average molecular weight is 409 g/mol. The number of rotatable bonds is 3. The summed E-state index contributed by atoms with van der Waals surface area (Å²) in [5.41, 5.74) is 2.81. The molecule has 7 heteroatoms. The Morgan fingerprint density at radius 2 is 2.14 bits per heavy atom. The number of hydrogen-bond acceptors (Lipinski definition) is 4. The van der Waals surface area contributed by atoms with Crippen molar-refractivity contribution >= 4 is 34.7 Å². The van der Waals surface area contributed by atoms with E-state index in [1.165, 1.54) is 24.4 Å². The highest BCUT2D eigenvalue weighted by molar-refractivity contribution is 14.1. The summed E-state index contributed by atoms with van der Waals surface area (Å²) in [5.74, 6) is -1.35. The van der Waals surface area contributed by atoms with Crippen LogP contribution in [0.15, 0.2) is 41.5 Å². The van der Waals surface area contributed by atoms with Crippen LogP contribution in [0.4, 0.5) is 4.39 Å². The Balaban J connectivity index is 2.08. The normalized spacial score (nSPS) is 10.4. The third-order valence-electron chi connectivity index (χ3n) is 2.69. The second kappa shape index (κ2) is 7.00. The van der Waals surface area contributed by atoms with Gasteiger partial charge in [0, 0.05) is 0 Å². The number of nitrogens with one attached hydrogen (secondary N) is 1. The van der Waals surface area contributed by atoms with E-state index in [2.05, 4.69) is 10.5 Å². The molecule has 2 aromatic rings. The molecule has 0 atom stereocenters. The van der Waals surface area contributed by atoms with Crippen LogP contribution in [-0.4, -0.2) is 17.2 Å². The molecule has 0 aliphatic heterocycles. The van der Waals surface area contributed by atoms with Crippen molar-refractivity contribution in [3.8, 4) is 11.8 Å². The number of aromatic hydroxyl groups is 1. The van der Waals surface area contributed by atoms with Crippen molar-refractivity contribution in [2.24, 2.45) is 5.10 Å². The van der Waals surface area contributed by atoms with Gasteiger partial charge in [0.25, 0.3) is 5.91 Å². The van der Waals surface area contributed by atoms with E-state index in [4.69, 9.17) is 5.26 Å². The molecule has 110 valence electrons. The van der Waals surface area contributed by atoms with Crippen LogP contribution in [0.25, 0.3) is 0 Å². The maximum Gasteiger partial charge on any atom is 0.274 e. The lowest BCUT2D eigenvalue weighted by molar-refractivity contribution is 0.0951. The topological polar surface area (TPSA) is 85.5 Å². The van der Waals surface area contributed by atoms with Crippen LogP contribution in [0.1, 0.15) is 21.5 Å². The first-order valence-electron chi connectivity index (χ1n) is 6.03. The fourth-order valence-corrected chi connectivity index (χ4v) is 2.14. The molecule has 0 fully saturated rings. The summed E-state index contributed by atoms with van der Waals surface area (Å²) in [7, 11) is 0. The molecule has 0 bridgehead atoms. The minimum atomic E-state index is -0.786. The Bertz CT molecular complexity index is 800. The minimum absolute atomic E-state index is 0.135. The number of nitriles is 1. The van der Waals surface area contributed by atoms with Gasteiger partial charge in [-0.15, -0.1) is 0 Å². The number of carbonyl (C=O) groups is 1. The van der Waals surface area contributed by atoms with Gasteiger partial charge < -0.3 is 5.11 Å². The van der Waals surface area contributed by atoms with Crippen LogP contribution in [0, 0.1) is 20.7 Å². The predicted octanol–water partition coefficient (Wildman–Crippen LogP) is 2.77. The Morgan fingerprint density at radius 1 is 1.36 bits per heavy atom. The van der Waals surface area contributed by atoms with E-state index >= 15 is 0 Å². The molecule has 0 heterocycles. The molecular formula is C15H9FIN3O2. The summed E-state index contributed by atoms with van der Waals surface area (Å²) in [6, 6.07) is 10.1. The lowest BCUT2D eigenvalue weighted by atomic mass is 10.1. The van der Waals surface area contributed by atoms with E-state index in [9.17, 15) is 14.3 Å². The quantitative estimate of drug-likeness (QED) is 0.465. The molecule has 2 N–H and O–H groups in total. The number of amides is 1. The van der Waals surface area contributed by atoms with Crippen LogP contribution in [0.2, 0.25) is 0 Å². The second-order valence-corrected chi connectivity index (χ2v) is 5.38. The first-order valence-corrected chi connectivity index (χ1v) is 7.10. The minimum Gasteiger partial charge on any atom is -0.507 e. The zero-order valence-electron chi connectivity index (χ0n) is 11.0. The number of nitrogens with zero attached hydrogens (tertiary/aromatic N) is 2. The third-order valence-corrected chi connectivity index (χ3v) is 3.56. The largest absolute Gasteiger partial charge is 0.507 e. The van der Waals surface area contributed by atoms with E-state index < -0.39 is 11.7 Å². The lowest BCUT2D eigenvalue weighted by Crippen LogP contribution is -2.19. The van der Waals surface area contributed by atoms with Crippen LogP contribution in [0.3, 0.4) is 0 Å². The van der Waals surface area contributed by atoms with Gasteiger partial charge >= 0.3 is 0 Å². The summed E-state index contributed by atoms with van der Waals surface area (Å²) in [6.45, 7) is 0. The SMILES string of the molecule is N#Cc1ccc(C(=O)N/N=C\c2ccc(O)c(I)c2)c(F)c1. The van der Waals surface area contributed by atoms with E-state index in [1.807, 2.05) is 22.6 Å². The molecule has 22 heavy (non-hydrogen) atoms. The smallest absolute Gasteiger partial charge is 0.274 e. The Morgan fingerprint density at radius 3 is 2.77 bits per heavy atom. The van der Waals surface area contributed by atoms with Gasteiger partial charge in [0.1, 0.15) is 11.6 Å². The maximum absolute atomic E-state index is 13.6.